The van der Waals surface area contributed by atoms with E-state index in [1.54, 1.807) is 32.0 Å². The number of amides is 2. The van der Waals surface area contributed by atoms with Gasteiger partial charge in [-0.15, -0.1) is 0 Å². The highest BCUT2D eigenvalue weighted by Crippen LogP contribution is 2.19. The van der Waals surface area contributed by atoms with Crippen molar-refractivity contribution in [3.8, 4) is 0 Å². The molecule has 0 saturated heterocycles. The number of halogens is 1. The van der Waals surface area contributed by atoms with Crippen LogP contribution in [0.3, 0.4) is 0 Å². The Hall–Kier alpha value is -2.73. The third-order valence-corrected chi connectivity index (χ3v) is 4.43. The van der Waals surface area contributed by atoms with Crippen molar-refractivity contribution in [2.45, 2.75) is 39.8 Å². The van der Waals surface area contributed by atoms with Crippen LogP contribution in [0.1, 0.15) is 36.6 Å². The summed E-state index contributed by atoms with van der Waals surface area (Å²) in [5.41, 5.74) is 3.17. The third-order valence-electron chi connectivity index (χ3n) is 4.43. The van der Waals surface area contributed by atoms with Crippen molar-refractivity contribution in [1.29, 1.82) is 0 Å². The molecule has 0 heterocycles. The van der Waals surface area contributed by atoms with Crippen molar-refractivity contribution in [2.75, 3.05) is 11.9 Å². The van der Waals surface area contributed by atoms with Crippen molar-refractivity contribution < 1.29 is 14.0 Å². The van der Waals surface area contributed by atoms with Crippen molar-refractivity contribution in [1.82, 2.24) is 10.6 Å². The summed E-state index contributed by atoms with van der Waals surface area (Å²) in [5.74, 6) is -0.942. The second-order valence-corrected chi connectivity index (χ2v) is 6.66. The first-order valence-electron chi connectivity index (χ1n) is 8.94. The molecule has 0 aliphatic heterocycles. The summed E-state index contributed by atoms with van der Waals surface area (Å²) < 4.78 is 13.8. The Labute approximate surface area is 159 Å². The smallest absolute Gasteiger partial charge is 0.243 e. The van der Waals surface area contributed by atoms with E-state index in [-0.39, 0.29) is 30.2 Å². The molecule has 2 aromatic carbocycles. The molecule has 2 atom stereocenters. The van der Waals surface area contributed by atoms with Gasteiger partial charge in [-0.25, -0.2) is 4.39 Å². The summed E-state index contributed by atoms with van der Waals surface area (Å²) >= 11 is 0. The molecule has 27 heavy (non-hydrogen) atoms. The van der Waals surface area contributed by atoms with Gasteiger partial charge in [0.25, 0.3) is 0 Å². The molecule has 6 heteroatoms. The molecule has 144 valence electrons. The number of rotatable bonds is 7. The highest BCUT2D eigenvalue weighted by atomic mass is 19.1. The van der Waals surface area contributed by atoms with E-state index in [4.69, 9.17) is 0 Å². The van der Waals surface area contributed by atoms with Gasteiger partial charge in [-0.1, -0.05) is 36.4 Å². The second-order valence-electron chi connectivity index (χ2n) is 6.66. The molecule has 5 nitrogen and oxygen atoms in total. The van der Waals surface area contributed by atoms with Crippen LogP contribution in [0.25, 0.3) is 0 Å². The number of carbonyl (C=O) groups excluding carboxylic acids is 2. The number of hydrogen-bond acceptors (Lipinski definition) is 3. The Morgan fingerprint density at radius 3 is 2.26 bits per heavy atom. The largest absolute Gasteiger partial charge is 0.346 e. The Kier molecular flexibility index (Phi) is 7.07. The van der Waals surface area contributed by atoms with E-state index in [9.17, 15) is 14.0 Å². The molecule has 3 N–H and O–H groups in total. The maximum Gasteiger partial charge on any atom is 0.243 e. The highest BCUT2D eigenvalue weighted by molar-refractivity contribution is 5.96. The summed E-state index contributed by atoms with van der Waals surface area (Å²) in [6, 6.07) is 11.3. The Morgan fingerprint density at radius 1 is 1.00 bits per heavy atom. The molecule has 0 spiro atoms. The molecule has 0 radical (unpaired) electrons. The van der Waals surface area contributed by atoms with Gasteiger partial charge >= 0.3 is 0 Å². The standard InChI is InChI=1S/C21H26FN3O2/c1-13-8-7-9-14(2)20(13)25-19(26)12-23-21(27)16(4)24-15(3)17-10-5-6-11-18(17)22/h5-11,15-16,24H,12H2,1-4H3,(H,23,27)(H,25,26)/t15-,16+/m1/s1. The van der Waals surface area contributed by atoms with Gasteiger partial charge in [0.15, 0.2) is 0 Å². The Morgan fingerprint density at radius 2 is 1.63 bits per heavy atom. The lowest BCUT2D eigenvalue weighted by atomic mass is 10.1. The first kappa shape index (κ1) is 20.6. The summed E-state index contributed by atoms with van der Waals surface area (Å²) in [5, 5.41) is 8.47. The molecule has 0 aliphatic rings. The monoisotopic (exact) mass is 371 g/mol. The van der Waals surface area contributed by atoms with Crippen LogP contribution in [0, 0.1) is 19.7 Å². The molecule has 0 saturated carbocycles. The normalized spacial score (nSPS) is 12.9. The van der Waals surface area contributed by atoms with Gasteiger partial charge in [0.1, 0.15) is 5.82 Å². The summed E-state index contributed by atoms with van der Waals surface area (Å²) in [6.07, 6.45) is 0. The SMILES string of the molecule is Cc1cccc(C)c1NC(=O)CNC(=O)[C@H](C)N[C@H](C)c1ccccc1F. The summed E-state index contributed by atoms with van der Waals surface area (Å²) in [6.45, 7) is 7.16. The van der Waals surface area contributed by atoms with Gasteiger partial charge in [0.2, 0.25) is 11.8 Å². The van der Waals surface area contributed by atoms with Crippen molar-refractivity contribution in [2.24, 2.45) is 0 Å². The molecule has 0 aromatic heterocycles. The van der Waals surface area contributed by atoms with Crippen molar-refractivity contribution >= 4 is 17.5 Å². The zero-order chi connectivity index (χ0) is 20.0. The molecule has 2 rings (SSSR count). The fourth-order valence-electron chi connectivity index (χ4n) is 2.88. The van der Waals surface area contributed by atoms with E-state index in [0.29, 0.717) is 5.56 Å². The molecular formula is C21H26FN3O2. The van der Waals surface area contributed by atoms with Crippen LogP contribution in [-0.2, 0) is 9.59 Å². The van der Waals surface area contributed by atoms with Gasteiger partial charge in [-0.2, -0.15) is 0 Å². The minimum Gasteiger partial charge on any atom is -0.346 e. The molecule has 0 bridgehead atoms. The lowest BCUT2D eigenvalue weighted by Gasteiger charge is -2.20. The number of nitrogens with one attached hydrogen (secondary N) is 3. The lowest BCUT2D eigenvalue weighted by Crippen LogP contribution is -2.45. The van der Waals surface area contributed by atoms with E-state index in [0.717, 1.165) is 16.8 Å². The molecule has 0 unspecified atom stereocenters. The number of aryl methyl sites for hydroxylation is 2. The summed E-state index contributed by atoms with van der Waals surface area (Å²) in [4.78, 5) is 24.4. The lowest BCUT2D eigenvalue weighted by molar-refractivity contribution is -0.125. The van der Waals surface area contributed by atoms with Gasteiger partial charge in [0.05, 0.1) is 12.6 Å². The zero-order valence-corrected chi connectivity index (χ0v) is 16.1. The number of carbonyl (C=O) groups is 2. The van der Waals surface area contributed by atoms with Crippen LogP contribution in [0.4, 0.5) is 10.1 Å². The van der Waals surface area contributed by atoms with Crippen LogP contribution >= 0.6 is 0 Å². The van der Waals surface area contributed by atoms with Crippen LogP contribution < -0.4 is 16.0 Å². The number of hydrogen-bond donors (Lipinski definition) is 3. The molecule has 2 aromatic rings. The maximum atomic E-state index is 13.8. The average molecular weight is 371 g/mol. The minimum absolute atomic E-state index is 0.132. The third kappa shape index (κ3) is 5.62. The Balaban J connectivity index is 1.86. The van der Waals surface area contributed by atoms with E-state index < -0.39 is 6.04 Å². The van der Waals surface area contributed by atoms with E-state index in [1.165, 1.54) is 6.07 Å². The first-order chi connectivity index (χ1) is 12.8. The fourth-order valence-corrected chi connectivity index (χ4v) is 2.88. The predicted octanol–water partition coefficient (Wildman–Crippen LogP) is 3.24. The molecule has 0 fully saturated rings. The van der Waals surface area contributed by atoms with Crippen molar-refractivity contribution in [3.05, 3.63) is 65.0 Å². The van der Waals surface area contributed by atoms with Gasteiger partial charge in [0, 0.05) is 17.3 Å². The predicted molar refractivity (Wildman–Crippen MR) is 105 cm³/mol. The van der Waals surface area contributed by atoms with Gasteiger partial charge in [-0.05, 0) is 44.9 Å². The second kappa shape index (κ2) is 9.28. The fraction of sp³-hybridized carbons (Fsp3) is 0.333. The average Bonchev–Trinajstić information content (AvgIpc) is 2.63. The topological polar surface area (TPSA) is 70.2 Å². The van der Waals surface area contributed by atoms with Gasteiger partial charge in [-0.3, -0.25) is 14.9 Å². The van der Waals surface area contributed by atoms with Crippen LogP contribution in [0.2, 0.25) is 0 Å². The van der Waals surface area contributed by atoms with Crippen LogP contribution in [-0.4, -0.2) is 24.4 Å². The maximum absolute atomic E-state index is 13.8. The molecule has 0 aliphatic carbocycles. The zero-order valence-electron chi connectivity index (χ0n) is 16.1. The first-order valence-corrected chi connectivity index (χ1v) is 8.94. The quantitative estimate of drug-likeness (QED) is 0.700. The number of anilines is 1. The minimum atomic E-state index is -0.576. The number of benzene rings is 2. The number of para-hydroxylation sites is 1. The van der Waals surface area contributed by atoms with E-state index in [2.05, 4.69) is 16.0 Å². The highest BCUT2D eigenvalue weighted by Gasteiger charge is 2.18. The van der Waals surface area contributed by atoms with E-state index in [1.807, 2.05) is 32.0 Å². The van der Waals surface area contributed by atoms with Crippen molar-refractivity contribution in [3.63, 3.8) is 0 Å². The molecule has 2 amide bonds. The summed E-state index contributed by atoms with van der Waals surface area (Å²) in [7, 11) is 0. The molecular weight excluding hydrogens is 345 g/mol. The van der Waals surface area contributed by atoms with Gasteiger partial charge < -0.3 is 10.6 Å². The van der Waals surface area contributed by atoms with E-state index >= 15 is 0 Å². The van der Waals surface area contributed by atoms with Crippen LogP contribution in [0.5, 0.6) is 0 Å². The van der Waals surface area contributed by atoms with Crippen LogP contribution in [0.15, 0.2) is 42.5 Å². The Bertz CT molecular complexity index is 803.